The third kappa shape index (κ3) is 5.69. The molecule has 0 saturated carbocycles. The molecule has 1 fully saturated rings. The molecule has 1 aromatic rings. The van der Waals surface area contributed by atoms with Crippen molar-refractivity contribution in [1.82, 2.24) is 10.2 Å². The molecule has 0 bridgehead atoms. The molecule has 1 aromatic carbocycles. The number of nitrogens with one attached hydrogen (secondary N) is 1. The van der Waals surface area contributed by atoms with E-state index in [-0.39, 0.29) is 12.7 Å². The average Bonchev–Trinajstić information content (AvgIpc) is 2.54. The zero-order chi connectivity index (χ0) is 15.8. The molecule has 1 atom stereocenters. The topological polar surface area (TPSA) is 55.7 Å². The molecule has 0 spiro atoms. The highest BCUT2D eigenvalue weighted by Gasteiger charge is 2.17. The average molecular weight is 306 g/mol. The zero-order valence-corrected chi connectivity index (χ0v) is 13.7. The minimum atomic E-state index is -0.111. The van der Waals surface area contributed by atoms with Crippen molar-refractivity contribution in [2.45, 2.75) is 57.8 Å². The van der Waals surface area contributed by atoms with Gasteiger partial charge in [-0.3, -0.25) is 4.90 Å². The van der Waals surface area contributed by atoms with Crippen LogP contribution in [0.5, 0.6) is 0 Å². The molecular weight excluding hydrogens is 276 g/mol. The van der Waals surface area contributed by atoms with Gasteiger partial charge in [-0.25, -0.2) is 0 Å². The molecule has 4 nitrogen and oxygen atoms in total. The zero-order valence-electron chi connectivity index (χ0n) is 13.7. The summed E-state index contributed by atoms with van der Waals surface area (Å²) in [5, 5.41) is 22.1. The fraction of sp³-hybridized carbons (Fsp3) is 0.667. The van der Waals surface area contributed by atoms with Crippen LogP contribution in [0, 0.1) is 0 Å². The number of aliphatic hydroxyl groups excluding tert-OH is 2. The van der Waals surface area contributed by atoms with Gasteiger partial charge in [0.1, 0.15) is 0 Å². The van der Waals surface area contributed by atoms with Crippen molar-refractivity contribution >= 4 is 0 Å². The monoisotopic (exact) mass is 306 g/mol. The van der Waals surface area contributed by atoms with Crippen molar-refractivity contribution in [3.05, 3.63) is 35.4 Å². The summed E-state index contributed by atoms with van der Waals surface area (Å²) in [6.45, 7) is 6.24. The summed E-state index contributed by atoms with van der Waals surface area (Å²) in [7, 11) is 0. The second kappa shape index (κ2) is 9.26. The van der Waals surface area contributed by atoms with Crippen molar-refractivity contribution in [2.75, 3.05) is 19.7 Å². The predicted octanol–water partition coefficient (Wildman–Crippen LogP) is 1.89. The van der Waals surface area contributed by atoms with Gasteiger partial charge in [0.25, 0.3) is 0 Å². The maximum Gasteiger partial charge on any atom is 0.0564 e. The van der Waals surface area contributed by atoms with E-state index in [1.54, 1.807) is 0 Å². The largest absolute Gasteiger partial charge is 0.396 e. The van der Waals surface area contributed by atoms with Crippen molar-refractivity contribution in [2.24, 2.45) is 0 Å². The van der Waals surface area contributed by atoms with E-state index in [0.717, 1.165) is 51.9 Å². The fourth-order valence-electron chi connectivity index (χ4n) is 2.99. The number of hydrogen-bond donors (Lipinski definition) is 3. The third-order valence-corrected chi connectivity index (χ3v) is 4.51. The molecule has 1 aliphatic rings. The highest BCUT2D eigenvalue weighted by atomic mass is 16.3. The Balaban J connectivity index is 1.86. The number of rotatable bonds is 8. The Bertz CT molecular complexity index is 431. The molecule has 1 saturated heterocycles. The minimum absolute atomic E-state index is 0.111. The van der Waals surface area contributed by atoms with Crippen LogP contribution in [-0.4, -0.2) is 47.0 Å². The fourth-order valence-corrected chi connectivity index (χ4v) is 2.99. The van der Waals surface area contributed by atoms with Crippen LogP contribution in [0.1, 0.15) is 43.7 Å². The number of hydrogen-bond acceptors (Lipinski definition) is 4. The summed E-state index contributed by atoms with van der Waals surface area (Å²) in [4.78, 5) is 2.43. The Labute approximate surface area is 134 Å². The molecule has 22 heavy (non-hydrogen) atoms. The van der Waals surface area contributed by atoms with Gasteiger partial charge in [-0.1, -0.05) is 24.3 Å². The Morgan fingerprint density at radius 1 is 1.23 bits per heavy atom. The van der Waals surface area contributed by atoms with E-state index < -0.39 is 0 Å². The maximum atomic E-state index is 9.61. The molecule has 2 rings (SSSR count). The Morgan fingerprint density at radius 2 is 1.91 bits per heavy atom. The lowest BCUT2D eigenvalue weighted by molar-refractivity contribution is 0.0791. The van der Waals surface area contributed by atoms with E-state index in [0.29, 0.717) is 6.04 Å². The molecule has 1 unspecified atom stereocenters. The Kier molecular flexibility index (Phi) is 7.33. The van der Waals surface area contributed by atoms with Crippen LogP contribution in [0.4, 0.5) is 0 Å². The molecule has 1 aliphatic heterocycles. The second-order valence-corrected chi connectivity index (χ2v) is 6.42. The van der Waals surface area contributed by atoms with Crippen LogP contribution in [0.25, 0.3) is 0 Å². The van der Waals surface area contributed by atoms with E-state index in [1.165, 1.54) is 11.1 Å². The van der Waals surface area contributed by atoms with Gasteiger partial charge in [0.2, 0.25) is 0 Å². The number of likely N-dealkylation sites (tertiary alicyclic amines) is 1. The van der Waals surface area contributed by atoms with Crippen LogP contribution in [0.15, 0.2) is 24.3 Å². The standard InChI is InChI=1S/C18H30N2O2/c1-15(5-4-12-21)19-13-16-6-2-3-7-17(16)14-20-10-8-18(22)9-11-20/h2-3,6-7,15,18-19,21-22H,4-5,8-14H2,1H3. The van der Waals surface area contributed by atoms with Crippen molar-refractivity contribution < 1.29 is 10.2 Å². The molecule has 0 radical (unpaired) electrons. The van der Waals surface area contributed by atoms with Gasteiger partial charge in [-0.05, 0) is 43.7 Å². The highest BCUT2D eigenvalue weighted by Crippen LogP contribution is 2.16. The van der Waals surface area contributed by atoms with Gasteiger partial charge in [0, 0.05) is 38.8 Å². The van der Waals surface area contributed by atoms with Crippen LogP contribution >= 0.6 is 0 Å². The molecule has 0 amide bonds. The van der Waals surface area contributed by atoms with Gasteiger partial charge in [0.15, 0.2) is 0 Å². The first-order chi connectivity index (χ1) is 10.7. The quantitative estimate of drug-likeness (QED) is 0.686. The summed E-state index contributed by atoms with van der Waals surface area (Å²) >= 11 is 0. The molecule has 3 N–H and O–H groups in total. The number of piperidine rings is 1. The van der Waals surface area contributed by atoms with Gasteiger partial charge in [-0.2, -0.15) is 0 Å². The van der Waals surface area contributed by atoms with Gasteiger partial charge < -0.3 is 15.5 Å². The van der Waals surface area contributed by atoms with Crippen molar-refractivity contribution in [3.8, 4) is 0 Å². The summed E-state index contributed by atoms with van der Waals surface area (Å²) < 4.78 is 0. The third-order valence-electron chi connectivity index (χ3n) is 4.51. The molecule has 4 heteroatoms. The first-order valence-corrected chi connectivity index (χ1v) is 8.50. The normalized spacial score (nSPS) is 18.5. The number of aliphatic hydroxyl groups is 2. The lowest BCUT2D eigenvalue weighted by atomic mass is 10.0. The van der Waals surface area contributed by atoms with Crippen LogP contribution < -0.4 is 5.32 Å². The van der Waals surface area contributed by atoms with E-state index in [4.69, 9.17) is 5.11 Å². The summed E-state index contributed by atoms with van der Waals surface area (Å²) in [6.07, 6.45) is 3.52. The first-order valence-electron chi connectivity index (χ1n) is 8.50. The van der Waals surface area contributed by atoms with E-state index in [2.05, 4.69) is 41.4 Å². The summed E-state index contributed by atoms with van der Waals surface area (Å²) in [5.74, 6) is 0. The molecule has 1 heterocycles. The maximum absolute atomic E-state index is 9.61. The van der Waals surface area contributed by atoms with Crippen LogP contribution in [0.3, 0.4) is 0 Å². The van der Waals surface area contributed by atoms with Crippen LogP contribution in [-0.2, 0) is 13.1 Å². The van der Waals surface area contributed by atoms with Gasteiger partial charge >= 0.3 is 0 Å². The molecule has 0 aromatic heterocycles. The predicted molar refractivity (Wildman–Crippen MR) is 89.6 cm³/mol. The van der Waals surface area contributed by atoms with Crippen molar-refractivity contribution in [3.63, 3.8) is 0 Å². The van der Waals surface area contributed by atoms with Crippen LogP contribution in [0.2, 0.25) is 0 Å². The summed E-state index contributed by atoms with van der Waals surface area (Å²) in [6, 6.07) is 9.02. The molecular formula is C18H30N2O2. The molecule has 124 valence electrons. The van der Waals surface area contributed by atoms with E-state index >= 15 is 0 Å². The van der Waals surface area contributed by atoms with E-state index in [9.17, 15) is 5.11 Å². The lowest BCUT2D eigenvalue weighted by Gasteiger charge is -2.30. The number of nitrogens with zero attached hydrogens (tertiary/aromatic N) is 1. The van der Waals surface area contributed by atoms with Crippen molar-refractivity contribution in [1.29, 1.82) is 0 Å². The number of benzene rings is 1. The molecule has 0 aliphatic carbocycles. The smallest absolute Gasteiger partial charge is 0.0564 e. The first kappa shape index (κ1) is 17.4. The highest BCUT2D eigenvalue weighted by molar-refractivity contribution is 5.27. The lowest BCUT2D eigenvalue weighted by Crippen LogP contribution is -2.35. The summed E-state index contributed by atoms with van der Waals surface area (Å²) in [5.41, 5.74) is 2.73. The Hall–Kier alpha value is -0.940. The van der Waals surface area contributed by atoms with Gasteiger partial charge in [0.05, 0.1) is 6.10 Å². The van der Waals surface area contributed by atoms with Gasteiger partial charge in [-0.15, -0.1) is 0 Å². The second-order valence-electron chi connectivity index (χ2n) is 6.42. The SMILES string of the molecule is CC(CCCO)NCc1ccccc1CN1CCC(O)CC1. The van der Waals surface area contributed by atoms with E-state index in [1.807, 2.05) is 0 Å². The minimum Gasteiger partial charge on any atom is -0.396 e. The Morgan fingerprint density at radius 3 is 2.59 bits per heavy atom.